The van der Waals surface area contributed by atoms with Gasteiger partial charge in [-0.2, -0.15) is 4.31 Å². The van der Waals surface area contributed by atoms with Crippen LogP contribution in [0.25, 0.3) is 0 Å². The van der Waals surface area contributed by atoms with E-state index in [4.69, 9.17) is 0 Å². The number of nitrogens with zero attached hydrogens (tertiary/aromatic N) is 4. The lowest BCUT2D eigenvalue weighted by molar-refractivity contribution is 0.0620. The van der Waals surface area contributed by atoms with Crippen LogP contribution in [0.4, 0.5) is 5.69 Å². The number of pyridine rings is 2. The van der Waals surface area contributed by atoms with E-state index in [1.54, 1.807) is 17.0 Å². The van der Waals surface area contributed by atoms with Gasteiger partial charge in [0.1, 0.15) is 5.69 Å². The average Bonchev–Trinajstić information content (AvgIpc) is 2.78. The first-order valence-electron chi connectivity index (χ1n) is 9.82. The van der Waals surface area contributed by atoms with Gasteiger partial charge >= 0.3 is 0 Å². The molecule has 2 aromatic rings. The largest absolute Gasteiger partial charge is 0.588 e. The summed E-state index contributed by atoms with van der Waals surface area (Å²) in [4.78, 5) is 23.2. The summed E-state index contributed by atoms with van der Waals surface area (Å²) in [5.74, 6) is -0.0940. The summed E-state index contributed by atoms with van der Waals surface area (Å²) in [7, 11) is -3.78. The molecule has 0 aliphatic carbocycles. The molecule has 2 atom stereocenters. The van der Waals surface area contributed by atoms with E-state index < -0.39 is 10.4 Å². The number of aliphatic hydroxyl groups excluding tert-OH is 1. The molecular formula is C20H24N4O4S. The van der Waals surface area contributed by atoms with Crippen LogP contribution < -0.4 is 4.31 Å². The minimum Gasteiger partial charge on any atom is -0.588 e. The van der Waals surface area contributed by atoms with Crippen molar-refractivity contribution in [2.24, 2.45) is 5.92 Å². The van der Waals surface area contributed by atoms with Gasteiger partial charge in [0.25, 0.3) is 5.91 Å². The Morgan fingerprint density at radius 1 is 1.31 bits per heavy atom. The molecule has 8 nitrogen and oxygen atoms in total. The summed E-state index contributed by atoms with van der Waals surface area (Å²) in [5.41, 5.74) is 1.50. The zero-order valence-corrected chi connectivity index (χ0v) is 16.9. The van der Waals surface area contributed by atoms with Crippen LogP contribution in [0.5, 0.6) is 0 Å². The average molecular weight is 417 g/mol. The van der Waals surface area contributed by atoms with Crippen LogP contribution in [0.3, 0.4) is 0 Å². The third kappa shape index (κ3) is 3.90. The number of aliphatic hydroxyl groups is 1. The number of fused-ring (bicyclic) bond motifs is 1. The Bertz CT molecular complexity index is 939. The number of carbonyl (C=O) groups excluding carboxylic acids is 1. The molecule has 154 valence electrons. The third-order valence-corrected chi connectivity index (χ3v) is 7.32. The molecule has 0 aromatic carbocycles. The Kier molecular flexibility index (Phi) is 5.62. The predicted molar refractivity (Wildman–Crippen MR) is 107 cm³/mol. The second-order valence-corrected chi connectivity index (χ2v) is 9.36. The number of hydrogen-bond donors (Lipinski definition) is 1. The van der Waals surface area contributed by atoms with Gasteiger partial charge in [-0.3, -0.25) is 14.8 Å². The monoisotopic (exact) mass is 416 g/mol. The molecule has 2 unspecified atom stereocenters. The Labute approximate surface area is 171 Å². The Morgan fingerprint density at radius 3 is 2.93 bits per heavy atom. The van der Waals surface area contributed by atoms with Gasteiger partial charge in [-0.15, -0.1) is 0 Å². The summed E-state index contributed by atoms with van der Waals surface area (Å²) in [6, 6.07) is 4.74. The van der Waals surface area contributed by atoms with Crippen LogP contribution in [0.1, 0.15) is 35.3 Å². The van der Waals surface area contributed by atoms with Gasteiger partial charge in [-0.1, -0.05) is 4.21 Å². The van der Waals surface area contributed by atoms with Crippen LogP contribution in [0, 0.1) is 5.92 Å². The lowest BCUT2D eigenvalue weighted by Gasteiger charge is -2.34. The first-order valence-corrected chi connectivity index (χ1v) is 11.3. The smallest absolute Gasteiger partial charge is 0.255 e. The van der Waals surface area contributed by atoms with E-state index in [0.29, 0.717) is 49.4 Å². The zero-order chi connectivity index (χ0) is 20.4. The molecule has 1 N–H and O–H groups in total. The molecule has 29 heavy (non-hydrogen) atoms. The molecule has 2 aliphatic heterocycles. The fourth-order valence-electron chi connectivity index (χ4n) is 3.98. The third-order valence-electron chi connectivity index (χ3n) is 5.52. The lowest BCUT2D eigenvalue weighted by atomic mass is 9.98. The van der Waals surface area contributed by atoms with Crippen LogP contribution in [0.15, 0.2) is 41.7 Å². The first kappa shape index (κ1) is 19.9. The molecule has 2 aromatic heterocycles. The second-order valence-electron chi connectivity index (χ2n) is 7.50. The van der Waals surface area contributed by atoms with Crippen molar-refractivity contribution in [1.29, 1.82) is 0 Å². The Morgan fingerprint density at radius 2 is 2.17 bits per heavy atom. The molecule has 1 amide bonds. The molecule has 1 fully saturated rings. The van der Waals surface area contributed by atoms with E-state index in [0.717, 1.165) is 12.8 Å². The fourth-order valence-corrected chi connectivity index (χ4v) is 5.46. The van der Waals surface area contributed by atoms with Gasteiger partial charge in [0.15, 0.2) is 15.3 Å². The number of likely N-dealkylation sites (tertiary alicyclic amines) is 1. The molecule has 2 aliphatic rings. The van der Waals surface area contributed by atoms with Crippen molar-refractivity contribution < 1.29 is 18.7 Å². The highest BCUT2D eigenvalue weighted by Crippen LogP contribution is 2.34. The summed E-state index contributed by atoms with van der Waals surface area (Å²) >= 11 is 0. The summed E-state index contributed by atoms with van der Waals surface area (Å²) in [6.07, 6.45) is 7.46. The number of amides is 1. The van der Waals surface area contributed by atoms with E-state index in [1.807, 2.05) is 0 Å². The minimum atomic E-state index is -3.78. The maximum atomic E-state index is 13.1. The first-order chi connectivity index (χ1) is 14.0. The molecule has 0 saturated carbocycles. The van der Waals surface area contributed by atoms with Gasteiger partial charge in [0, 0.05) is 32.1 Å². The maximum Gasteiger partial charge on any atom is 0.255 e. The van der Waals surface area contributed by atoms with Crippen molar-refractivity contribution in [2.45, 2.75) is 30.6 Å². The molecule has 9 heteroatoms. The molecule has 4 rings (SSSR count). The Balaban J connectivity index is 1.65. The molecule has 0 spiro atoms. The maximum absolute atomic E-state index is 13.1. The topological polar surface area (TPSA) is 110 Å². The summed E-state index contributed by atoms with van der Waals surface area (Å²) in [6.45, 7) is 1.53. The van der Waals surface area contributed by atoms with Crippen molar-refractivity contribution in [3.63, 3.8) is 0 Å². The van der Waals surface area contributed by atoms with E-state index >= 15 is 0 Å². The van der Waals surface area contributed by atoms with E-state index in [2.05, 4.69) is 9.97 Å². The number of aryl methyl sites for hydroxylation is 1. The number of carbonyl (C=O) groups is 1. The molecule has 0 radical (unpaired) electrons. The Hall–Kier alpha value is -2.36. The number of anilines is 1. The van der Waals surface area contributed by atoms with Gasteiger partial charge < -0.3 is 14.6 Å². The summed E-state index contributed by atoms with van der Waals surface area (Å²) < 4.78 is 27.6. The highest BCUT2D eigenvalue weighted by molar-refractivity contribution is 7.99. The summed E-state index contributed by atoms with van der Waals surface area (Å²) in [5, 5.41) is 9.42. The number of hydrogen-bond acceptors (Lipinski definition) is 6. The van der Waals surface area contributed by atoms with Crippen molar-refractivity contribution in [2.75, 3.05) is 30.5 Å². The van der Waals surface area contributed by atoms with Gasteiger partial charge in [0.2, 0.25) is 0 Å². The van der Waals surface area contributed by atoms with Crippen molar-refractivity contribution >= 4 is 22.0 Å². The van der Waals surface area contributed by atoms with Crippen molar-refractivity contribution in [1.82, 2.24) is 14.9 Å². The van der Waals surface area contributed by atoms with E-state index in [-0.39, 0.29) is 23.3 Å². The lowest BCUT2D eigenvalue weighted by Crippen LogP contribution is -2.42. The van der Waals surface area contributed by atoms with Crippen LogP contribution in [0.2, 0.25) is 0 Å². The fraction of sp³-hybridized carbons (Fsp3) is 0.450. The van der Waals surface area contributed by atoms with E-state index in [9.17, 15) is 18.7 Å². The van der Waals surface area contributed by atoms with Gasteiger partial charge in [-0.25, -0.2) is 0 Å². The number of sulfonamides is 1. The molecule has 1 saturated heterocycles. The number of aromatic nitrogens is 2. The molecule has 0 bridgehead atoms. The highest BCUT2D eigenvalue weighted by atomic mass is 32.3. The van der Waals surface area contributed by atoms with Crippen LogP contribution in [-0.2, 0) is 21.0 Å². The van der Waals surface area contributed by atoms with Crippen molar-refractivity contribution in [3.8, 4) is 0 Å². The standard InChI is InChI=1S/C20H24N4O4S/c25-14-15-4-2-8-23(13-15)20(26)16-10-19-18(22-11-16)6-3-9-24(19)29(27,28)17-5-1-7-21-12-17/h1,5,7,10-12,15,25H,2-4,6,8-9,13-14H2. The van der Waals surface area contributed by atoms with Crippen LogP contribution >= 0.6 is 0 Å². The SMILES string of the molecule is O=C(c1cnc2c(c1)N([S+](=O)([O-])c1cccnc1)CCC2)N1CCCC(CO)C1. The van der Waals surface area contributed by atoms with Crippen LogP contribution in [-0.4, -0.2) is 56.7 Å². The highest BCUT2D eigenvalue weighted by Gasteiger charge is 2.36. The van der Waals surface area contributed by atoms with Crippen molar-refractivity contribution in [3.05, 3.63) is 48.0 Å². The van der Waals surface area contributed by atoms with Gasteiger partial charge in [0.05, 0.1) is 24.0 Å². The van der Waals surface area contributed by atoms with Gasteiger partial charge in [-0.05, 0) is 49.8 Å². The second kappa shape index (κ2) is 8.17. The number of rotatable bonds is 4. The zero-order valence-electron chi connectivity index (χ0n) is 16.1. The van der Waals surface area contributed by atoms with E-state index in [1.165, 1.54) is 29.0 Å². The molecular weight excluding hydrogens is 392 g/mol. The normalized spacial score (nSPS) is 21.4. The number of piperidine rings is 1. The molecule has 4 heterocycles. The predicted octanol–water partition coefficient (Wildman–Crippen LogP) is 1.68. The quantitative estimate of drug-likeness (QED) is 0.760. The minimum absolute atomic E-state index is 0.0589.